The molecule has 1 N–H and O–H groups in total. The van der Waals surface area contributed by atoms with Gasteiger partial charge >= 0.3 is 0 Å². The summed E-state index contributed by atoms with van der Waals surface area (Å²) in [6.45, 7) is 17.2. The van der Waals surface area contributed by atoms with Gasteiger partial charge in [-0.3, -0.25) is 0 Å². The number of halogens is 1. The second-order valence-corrected chi connectivity index (χ2v) is 5.41. The summed E-state index contributed by atoms with van der Waals surface area (Å²) < 4.78 is 18.7. The van der Waals surface area contributed by atoms with Gasteiger partial charge in [0.25, 0.3) is 0 Å². The normalized spacial score (nSPS) is 11.5. The Balaban J connectivity index is 4.03. The predicted molar refractivity (Wildman–Crippen MR) is 96.8 cm³/mol. The summed E-state index contributed by atoms with van der Waals surface area (Å²) in [6.07, 6.45) is 11.6. The van der Waals surface area contributed by atoms with Crippen LogP contribution in [0.3, 0.4) is 0 Å². The van der Waals surface area contributed by atoms with E-state index in [1.807, 2.05) is 0 Å². The molecule has 0 aromatic carbocycles. The molecule has 23 heavy (non-hydrogen) atoms. The molecule has 0 fully saturated rings. The van der Waals surface area contributed by atoms with Crippen molar-refractivity contribution in [1.82, 2.24) is 0 Å². The van der Waals surface area contributed by atoms with Crippen LogP contribution in [0.5, 0.6) is 0 Å². The van der Waals surface area contributed by atoms with E-state index in [1.165, 1.54) is 25.7 Å². The molecule has 0 saturated carbocycles. The SMILES string of the molecule is C=C(/C=C\C(=C)C(=C)/C=C(/F)C(=C)O)OCCCCCCCC. The van der Waals surface area contributed by atoms with Crippen molar-refractivity contribution < 1.29 is 14.2 Å². The summed E-state index contributed by atoms with van der Waals surface area (Å²) in [5.74, 6) is -0.930. The van der Waals surface area contributed by atoms with E-state index in [-0.39, 0.29) is 0 Å². The molecule has 0 aliphatic heterocycles. The Hall–Kier alpha value is -2.03. The monoisotopic (exact) mass is 320 g/mol. The van der Waals surface area contributed by atoms with E-state index in [0.29, 0.717) is 23.5 Å². The highest BCUT2D eigenvalue weighted by atomic mass is 19.1. The number of aliphatic hydroxyl groups is 1. The molecule has 0 unspecified atom stereocenters. The van der Waals surface area contributed by atoms with E-state index < -0.39 is 11.6 Å². The Kier molecular flexibility index (Phi) is 11.4. The molecular formula is C20H29FO2. The average Bonchev–Trinajstić information content (AvgIpc) is 2.51. The minimum absolute atomic E-state index is 0.345. The van der Waals surface area contributed by atoms with E-state index in [2.05, 4.69) is 33.2 Å². The van der Waals surface area contributed by atoms with E-state index >= 15 is 0 Å². The van der Waals surface area contributed by atoms with Crippen molar-refractivity contribution >= 4 is 0 Å². The maximum absolute atomic E-state index is 13.2. The highest BCUT2D eigenvalue weighted by Crippen LogP contribution is 2.16. The predicted octanol–water partition coefficient (Wildman–Crippen LogP) is 6.47. The Morgan fingerprint density at radius 2 is 1.57 bits per heavy atom. The molecule has 0 saturated heterocycles. The number of ether oxygens (including phenoxy) is 1. The average molecular weight is 320 g/mol. The third-order valence-corrected chi connectivity index (χ3v) is 3.24. The van der Waals surface area contributed by atoms with Gasteiger partial charge in [0, 0.05) is 0 Å². The lowest BCUT2D eigenvalue weighted by atomic mass is 10.1. The number of unbranched alkanes of at least 4 members (excludes halogenated alkanes) is 5. The minimum Gasteiger partial charge on any atom is -0.506 e. The molecule has 0 atom stereocenters. The van der Waals surface area contributed by atoms with Crippen LogP contribution < -0.4 is 0 Å². The van der Waals surface area contributed by atoms with Gasteiger partial charge in [0.2, 0.25) is 0 Å². The van der Waals surface area contributed by atoms with Crippen molar-refractivity contribution in [2.75, 3.05) is 6.61 Å². The van der Waals surface area contributed by atoms with Gasteiger partial charge in [0.1, 0.15) is 11.5 Å². The van der Waals surface area contributed by atoms with Crippen molar-refractivity contribution in [1.29, 1.82) is 0 Å². The van der Waals surface area contributed by atoms with Crippen LogP contribution in [0.2, 0.25) is 0 Å². The smallest absolute Gasteiger partial charge is 0.164 e. The summed E-state index contributed by atoms with van der Waals surface area (Å²) >= 11 is 0. The van der Waals surface area contributed by atoms with E-state index in [0.717, 1.165) is 18.9 Å². The third-order valence-electron chi connectivity index (χ3n) is 3.24. The van der Waals surface area contributed by atoms with Gasteiger partial charge in [0.15, 0.2) is 5.83 Å². The van der Waals surface area contributed by atoms with Crippen molar-refractivity contribution in [2.45, 2.75) is 45.4 Å². The molecule has 0 aromatic heterocycles. The first-order valence-electron chi connectivity index (χ1n) is 8.01. The Morgan fingerprint density at radius 3 is 2.17 bits per heavy atom. The van der Waals surface area contributed by atoms with Gasteiger partial charge in [-0.1, -0.05) is 71.4 Å². The second-order valence-electron chi connectivity index (χ2n) is 5.41. The number of allylic oxidation sites excluding steroid dienone is 6. The van der Waals surface area contributed by atoms with Crippen LogP contribution >= 0.6 is 0 Å². The maximum atomic E-state index is 13.2. The number of hydrogen-bond donors (Lipinski definition) is 1. The maximum Gasteiger partial charge on any atom is 0.164 e. The molecule has 0 aromatic rings. The number of aliphatic hydroxyl groups excluding tert-OH is 1. The van der Waals surface area contributed by atoms with E-state index in [1.54, 1.807) is 12.2 Å². The lowest BCUT2D eigenvalue weighted by Gasteiger charge is -2.06. The van der Waals surface area contributed by atoms with Crippen LogP contribution in [0.4, 0.5) is 4.39 Å². The summed E-state index contributed by atoms with van der Waals surface area (Å²) in [7, 11) is 0. The molecular weight excluding hydrogens is 291 g/mol. The Labute approximate surface area is 140 Å². The van der Waals surface area contributed by atoms with Crippen molar-refractivity contribution in [2.24, 2.45) is 0 Å². The van der Waals surface area contributed by atoms with Crippen LogP contribution in [0.25, 0.3) is 0 Å². The summed E-state index contributed by atoms with van der Waals surface area (Å²) in [4.78, 5) is 0. The zero-order valence-electron chi connectivity index (χ0n) is 14.2. The lowest BCUT2D eigenvalue weighted by Crippen LogP contribution is -1.93. The molecule has 0 spiro atoms. The Morgan fingerprint density at radius 1 is 0.957 bits per heavy atom. The largest absolute Gasteiger partial charge is 0.506 e. The molecule has 0 aliphatic rings. The molecule has 0 aliphatic carbocycles. The van der Waals surface area contributed by atoms with Crippen LogP contribution in [-0.2, 0) is 4.74 Å². The van der Waals surface area contributed by atoms with Gasteiger partial charge < -0.3 is 9.84 Å². The van der Waals surface area contributed by atoms with Gasteiger partial charge in [-0.25, -0.2) is 4.39 Å². The van der Waals surface area contributed by atoms with Crippen molar-refractivity contribution in [3.63, 3.8) is 0 Å². The highest BCUT2D eigenvalue weighted by Gasteiger charge is 2.01. The number of rotatable bonds is 13. The fourth-order valence-corrected chi connectivity index (χ4v) is 1.76. The van der Waals surface area contributed by atoms with Crippen LogP contribution in [-0.4, -0.2) is 11.7 Å². The topological polar surface area (TPSA) is 29.5 Å². The standard InChI is InChI=1S/C20H29FO2/c1-6-7-8-9-10-11-14-23-18(4)13-12-16(2)17(3)15-20(21)19(5)22/h12-13,15,22H,2-11,14H2,1H3/b13-12-,20-15+. The van der Waals surface area contributed by atoms with Crippen LogP contribution in [0.1, 0.15) is 45.4 Å². The minimum atomic E-state index is -0.831. The zero-order valence-corrected chi connectivity index (χ0v) is 14.2. The highest BCUT2D eigenvalue weighted by molar-refractivity contribution is 5.45. The molecule has 0 amide bonds. The molecule has 3 heteroatoms. The van der Waals surface area contributed by atoms with E-state index in [9.17, 15) is 4.39 Å². The zero-order chi connectivity index (χ0) is 17.7. The third kappa shape index (κ3) is 11.2. The van der Waals surface area contributed by atoms with Gasteiger partial charge in [-0.15, -0.1) is 0 Å². The van der Waals surface area contributed by atoms with Crippen LogP contribution in [0, 0.1) is 0 Å². The van der Waals surface area contributed by atoms with Crippen LogP contribution in [0.15, 0.2) is 73.0 Å². The number of hydrogen-bond acceptors (Lipinski definition) is 2. The molecule has 0 radical (unpaired) electrons. The fraction of sp³-hybridized carbons (Fsp3) is 0.400. The summed E-state index contributed by atoms with van der Waals surface area (Å²) in [5, 5.41) is 8.90. The van der Waals surface area contributed by atoms with Gasteiger partial charge in [-0.2, -0.15) is 0 Å². The second kappa shape index (κ2) is 12.5. The fourth-order valence-electron chi connectivity index (χ4n) is 1.76. The first kappa shape index (κ1) is 21.0. The summed E-state index contributed by atoms with van der Waals surface area (Å²) in [6, 6.07) is 0. The van der Waals surface area contributed by atoms with Gasteiger partial charge in [-0.05, 0) is 29.7 Å². The first-order chi connectivity index (χ1) is 10.9. The molecule has 2 nitrogen and oxygen atoms in total. The lowest BCUT2D eigenvalue weighted by molar-refractivity contribution is 0.218. The Bertz CT molecular complexity index is 484. The molecule has 0 heterocycles. The van der Waals surface area contributed by atoms with Gasteiger partial charge in [0.05, 0.1) is 6.61 Å². The van der Waals surface area contributed by atoms with Crippen molar-refractivity contribution in [3.8, 4) is 0 Å². The van der Waals surface area contributed by atoms with E-state index in [4.69, 9.17) is 9.84 Å². The first-order valence-corrected chi connectivity index (χ1v) is 8.01. The molecule has 0 bridgehead atoms. The quantitative estimate of drug-likeness (QED) is 0.239. The molecule has 128 valence electrons. The summed E-state index contributed by atoms with van der Waals surface area (Å²) in [5.41, 5.74) is 0.850. The molecule has 0 rings (SSSR count). The van der Waals surface area contributed by atoms with Crippen molar-refractivity contribution in [3.05, 3.63) is 73.0 Å².